The van der Waals surface area contributed by atoms with Crippen LogP contribution in [-0.4, -0.2) is 165 Å². The number of hydrogen-bond acceptors (Lipinski definition) is 12. The van der Waals surface area contributed by atoms with E-state index in [0.717, 1.165) is 103 Å². The predicted octanol–water partition coefficient (Wildman–Crippen LogP) is 13.3. The summed E-state index contributed by atoms with van der Waals surface area (Å²) in [6, 6.07) is 0. The van der Waals surface area contributed by atoms with Crippen LogP contribution >= 0.6 is 23.5 Å². The molecule has 0 aromatic rings. The Hall–Kier alpha value is -0.280. The Balaban J connectivity index is 2.53. The molecule has 12 heteroatoms. The van der Waals surface area contributed by atoms with Gasteiger partial charge in [-0.2, -0.15) is 0 Å². The lowest BCUT2D eigenvalue weighted by Crippen LogP contribution is -2.48. The zero-order valence-corrected chi connectivity index (χ0v) is 49.5. The first-order valence-corrected chi connectivity index (χ1v) is 33.0. The molecular weight excluding hydrogens is 937 g/mol. The van der Waals surface area contributed by atoms with Crippen molar-refractivity contribution in [2.45, 2.75) is 283 Å². The fourth-order valence-corrected chi connectivity index (χ4v) is 12.0. The fourth-order valence-electron chi connectivity index (χ4n) is 10.3. The van der Waals surface area contributed by atoms with Crippen molar-refractivity contribution in [2.75, 3.05) is 90.0 Å². The largest absolute Gasteiger partial charge is 0.392 e. The van der Waals surface area contributed by atoms with Crippen LogP contribution in [0.3, 0.4) is 0 Å². The van der Waals surface area contributed by atoms with Crippen LogP contribution in [-0.2, 0) is 9.59 Å². The SMILES string of the molecule is CCCCCCCCCCC(O)CN(CCSC(=O)CN1CCN(CC(=O)SCCN(CC(O)CCCCCCCCCC)CC(O)CCCCCCCCCC)CC1)CC(O)CCCCCCCCCC. The first-order valence-electron chi connectivity index (χ1n) is 31.0. The molecule has 0 radical (unpaired) electrons. The quantitative estimate of drug-likeness (QED) is 0.0433. The first kappa shape index (κ1) is 69.7. The van der Waals surface area contributed by atoms with Crippen LogP contribution in [0.5, 0.6) is 0 Å². The maximum Gasteiger partial charge on any atom is 0.202 e. The highest BCUT2D eigenvalue weighted by Gasteiger charge is 2.23. The molecule has 0 aromatic carbocycles. The Bertz CT molecular complexity index is 1040. The van der Waals surface area contributed by atoms with Crippen LogP contribution in [0.1, 0.15) is 259 Å². The Kier molecular flexibility index (Phi) is 49.9. The minimum absolute atomic E-state index is 0.157. The molecule has 0 bridgehead atoms. The topological polar surface area (TPSA) is 128 Å². The normalized spacial score (nSPS) is 15.5. The molecule has 1 fully saturated rings. The number of rotatable bonds is 54. The van der Waals surface area contributed by atoms with Gasteiger partial charge in [-0.25, -0.2) is 0 Å². The molecule has 0 amide bonds. The fraction of sp³-hybridized carbons (Fsp3) is 0.967. The molecular formula is C60H120N4O6S2. The predicted molar refractivity (Wildman–Crippen MR) is 314 cm³/mol. The third-order valence-electron chi connectivity index (χ3n) is 15.0. The van der Waals surface area contributed by atoms with Crippen molar-refractivity contribution < 1.29 is 30.0 Å². The van der Waals surface area contributed by atoms with Gasteiger partial charge in [-0.15, -0.1) is 0 Å². The van der Waals surface area contributed by atoms with E-state index in [2.05, 4.69) is 47.3 Å². The summed E-state index contributed by atoms with van der Waals surface area (Å²) in [5, 5.41) is 44.4. The lowest BCUT2D eigenvalue weighted by atomic mass is 10.0. The van der Waals surface area contributed by atoms with Crippen molar-refractivity contribution in [3.8, 4) is 0 Å². The molecule has 1 aliphatic heterocycles. The van der Waals surface area contributed by atoms with Crippen molar-refractivity contribution in [1.82, 2.24) is 19.6 Å². The first-order chi connectivity index (χ1) is 35.1. The van der Waals surface area contributed by atoms with Gasteiger partial charge in [-0.05, 0) is 25.7 Å². The van der Waals surface area contributed by atoms with Crippen molar-refractivity contribution in [3.05, 3.63) is 0 Å². The van der Waals surface area contributed by atoms with Crippen LogP contribution in [0.15, 0.2) is 0 Å². The van der Waals surface area contributed by atoms with Gasteiger partial charge in [0.25, 0.3) is 0 Å². The number of unbranched alkanes of at least 4 members (excludes halogenated alkanes) is 28. The van der Waals surface area contributed by atoms with Gasteiger partial charge in [0.1, 0.15) is 0 Å². The van der Waals surface area contributed by atoms with E-state index in [0.29, 0.717) is 63.9 Å². The van der Waals surface area contributed by atoms with Crippen molar-refractivity contribution in [3.63, 3.8) is 0 Å². The van der Waals surface area contributed by atoms with Crippen LogP contribution in [0.4, 0.5) is 0 Å². The van der Waals surface area contributed by atoms with E-state index >= 15 is 0 Å². The van der Waals surface area contributed by atoms with Crippen LogP contribution in [0.25, 0.3) is 0 Å². The molecule has 0 aromatic heterocycles. The van der Waals surface area contributed by atoms with Crippen molar-refractivity contribution in [1.29, 1.82) is 0 Å². The number of aliphatic hydroxyl groups is 4. The second-order valence-corrected chi connectivity index (χ2v) is 24.5. The Labute approximate surface area is 454 Å². The molecule has 1 aliphatic rings. The summed E-state index contributed by atoms with van der Waals surface area (Å²) < 4.78 is 0. The van der Waals surface area contributed by atoms with E-state index in [1.807, 2.05) is 0 Å². The molecule has 0 aliphatic carbocycles. The Morgan fingerprint density at radius 2 is 0.569 bits per heavy atom. The summed E-state index contributed by atoms with van der Waals surface area (Å²) in [5.74, 6) is 1.29. The second kappa shape index (κ2) is 51.5. The molecule has 1 rings (SSSR count). The van der Waals surface area contributed by atoms with Gasteiger partial charge in [0, 0.05) is 77.0 Å². The van der Waals surface area contributed by atoms with Crippen molar-refractivity contribution >= 4 is 33.8 Å². The number of thioether (sulfide) groups is 2. The molecule has 4 unspecified atom stereocenters. The number of nitrogens with zero attached hydrogens (tertiary/aromatic N) is 4. The highest BCUT2D eigenvalue weighted by atomic mass is 32.2. The summed E-state index contributed by atoms with van der Waals surface area (Å²) >= 11 is 2.74. The lowest BCUT2D eigenvalue weighted by molar-refractivity contribution is -0.114. The molecule has 1 heterocycles. The van der Waals surface area contributed by atoms with E-state index in [4.69, 9.17) is 0 Å². The zero-order chi connectivity index (χ0) is 52.5. The second-order valence-electron chi connectivity index (χ2n) is 22.2. The monoisotopic (exact) mass is 1060 g/mol. The van der Waals surface area contributed by atoms with Gasteiger partial charge in [-0.3, -0.25) is 29.2 Å². The minimum atomic E-state index is -0.418. The van der Waals surface area contributed by atoms with E-state index in [9.17, 15) is 30.0 Å². The van der Waals surface area contributed by atoms with Gasteiger partial charge in [0.05, 0.1) is 37.5 Å². The standard InChI is InChI=1S/C60H120N4O6S2/c1-5-9-13-17-21-25-29-33-37-55(65)49-63(50-56(66)38-34-30-26-22-18-14-10-6-2)45-47-71-59(69)53-61-41-43-62(44-42-61)54-60(70)72-48-46-64(51-57(67)39-35-31-27-23-19-15-11-7-3)52-58(68)40-36-32-28-24-20-16-12-8-4/h55-58,65-68H,5-54H2,1-4H3. The Morgan fingerprint density at radius 1 is 0.361 bits per heavy atom. The summed E-state index contributed by atoms with van der Waals surface area (Å²) in [5.41, 5.74) is 0. The smallest absolute Gasteiger partial charge is 0.202 e. The third-order valence-corrected chi connectivity index (χ3v) is 16.6. The summed E-state index contributed by atoms with van der Waals surface area (Å²) in [7, 11) is 0. The molecule has 428 valence electrons. The van der Waals surface area contributed by atoms with E-state index < -0.39 is 24.4 Å². The van der Waals surface area contributed by atoms with E-state index in [1.165, 1.54) is 178 Å². The van der Waals surface area contributed by atoms with E-state index in [1.54, 1.807) is 0 Å². The highest BCUT2D eigenvalue weighted by Crippen LogP contribution is 2.18. The number of hydrogen-bond donors (Lipinski definition) is 4. The third kappa shape index (κ3) is 44.8. The van der Waals surface area contributed by atoms with Gasteiger partial charge in [0.2, 0.25) is 10.2 Å². The van der Waals surface area contributed by atoms with Crippen molar-refractivity contribution in [2.24, 2.45) is 0 Å². The van der Waals surface area contributed by atoms with Gasteiger partial charge in [-0.1, -0.05) is 257 Å². The molecule has 4 atom stereocenters. The number of carbonyl (C=O) groups excluding carboxylic acids is 2. The van der Waals surface area contributed by atoms with Crippen LogP contribution in [0, 0.1) is 0 Å². The number of piperazine rings is 1. The number of aliphatic hydroxyl groups excluding tert-OH is 4. The molecule has 1 saturated heterocycles. The maximum absolute atomic E-state index is 13.2. The molecule has 72 heavy (non-hydrogen) atoms. The van der Waals surface area contributed by atoms with Gasteiger partial charge in [0.15, 0.2) is 0 Å². The van der Waals surface area contributed by atoms with E-state index in [-0.39, 0.29) is 10.2 Å². The lowest BCUT2D eigenvalue weighted by Gasteiger charge is -2.33. The zero-order valence-electron chi connectivity index (χ0n) is 47.9. The minimum Gasteiger partial charge on any atom is -0.392 e. The Morgan fingerprint density at radius 3 is 0.792 bits per heavy atom. The average molecular weight is 1060 g/mol. The van der Waals surface area contributed by atoms with Gasteiger partial charge < -0.3 is 20.4 Å². The summed E-state index contributed by atoms with van der Waals surface area (Å²) in [4.78, 5) is 35.2. The summed E-state index contributed by atoms with van der Waals surface area (Å²) in [6.45, 7) is 16.4. The highest BCUT2D eigenvalue weighted by molar-refractivity contribution is 8.14. The van der Waals surface area contributed by atoms with Crippen LogP contribution in [0.2, 0.25) is 0 Å². The molecule has 0 saturated carbocycles. The molecule has 4 N–H and O–H groups in total. The average Bonchev–Trinajstić information content (AvgIpc) is 3.35. The van der Waals surface area contributed by atoms with Gasteiger partial charge >= 0.3 is 0 Å². The molecule has 0 spiro atoms. The van der Waals surface area contributed by atoms with Crippen LogP contribution < -0.4 is 0 Å². The number of carbonyl (C=O) groups is 2. The molecule has 10 nitrogen and oxygen atoms in total. The summed E-state index contributed by atoms with van der Waals surface area (Å²) in [6.07, 6.45) is 41.3. The maximum atomic E-state index is 13.2.